The smallest absolute Gasteiger partial charge is 0.324 e. The van der Waals surface area contributed by atoms with E-state index in [0.717, 1.165) is 30.9 Å². The van der Waals surface area contributed by atoms with Crippen LogP contribution in [0.25, 0.3) is 0 Å². The van der Waals surface area contributed by atoms with Crippen LogP contribution < -0.4 is 21.6 Å². The van der Waals surface area contributed by atoms with Crippen LogP contribution in [0.2, 0.25) is 0 Å². The van der Waals surface area contributed by atoms with Gasteiger partial charge in [0.05, 0.1) is 0 Å². The van der Waals surface area contributed by atoms with E-state index < -0.39 is 0 Å². The van der Waals surface area contributed by atoms with Gasteiger partial charge in [0.15, 0.2) is 0 Å². The lowest BCUT2D eigenvalue weighted by atomic mass is 10.2. The van der Waals surface area contributed by atoms with Gasteiger partial charge >= 0.3 is 6.03 Å². The van der Waals surface area contributed by atoms with Gasteiger partial charge in [-0.3, -0.25) is 10.2 Å². The summed E-state index contributed by atoms with van der Waals surface area (Å²) in [6.45, 7) is 4.16. The highest BCUT2D eigenvalue weighted by atomic mass is 16.5. The number of benzene rings is 2. The molecule has 0 bridgehead atoms. The summed E-state index contributed by atoms with van der Waals surface area (Å²) in [4.78, 5) is 16.0. The number of piperazine rings is 1. The summed E-state index contributed by atoms with van der Waals surface area (Å²) in [6.07, 6.45) is 0. The lowest BCUT2D eigenvalue weighted by Gasteiger charge is -2.34. The third-order valence-electron chi connectivity index (χ3n) is 4.59. The van der Waals surface area contributed by atoms with Gasteiger partial charge in [0, 0.05) is 32.7 Å². The first kappa shape index (κ1) is 19.5. The Morgan fingerprint density at radius 1 is 1.04 bits per heavy atom. The van der Waals surface area contributed by atoms with Gasteiger partial charge in [-0.1, -0.05) is 42.5 Å². The molecule has 0 aromatic heterocycles. The first-order valence-electron chi connectivity index (χ1n) is 9.21. The lowest BCUT2D eigenvalue weighted by Crippen LogP contribution is -2.53. The Kier molecular flexibility index (Phi) is 6.69. The first-order chi connectivity index (χ1) is 13.6. The summed E-state index contributed by atoms with van der Waals surface area (Å²) in [7, 11) is 0. The maximum atomic E-state index is 12.0. The van der Waals surface area contributed by atoms with Crippen molar-refractivity contribution in [3.8, 4) is 5.75 Å². The van der Waals surface area contributed by atoms with Crippen LogP contribution in [0, 0.1) is 0 Å². The highest BCUT2D eigenvalue weighted by Gasteiger charge is 2.21. The number of nitrogens with one attached hydrogen (secondary N) is 1. The zero-order valence-corrected chi connectivity index (χ0v) is 15.8. The highest BCUT2D eigenvalue weighted by Crippen LogP contribution is 2.17. The van der Waals surface area contributed by atoms with E-state index in [1.165, 1.54) is 5.56 Å². The number of nitrogens with zero attached hydrogens (tertiary/aromatic N) is 3. The van der Waals surface area contributed by atoms with Crippen LogP contribution in [0.5, 0.6) is 5.75 Å². The van der Waals surface area contributed by atoms with Crippen LogP contribution in [0.4, 0.5) is 4.79 Å². The second-order valence-corrected chi connectivity index (χ2v) is 6.63. The molecule has 1 aliphatic rings. The summed E-state index contributed by atoms with van der Waals surface area (Å²) in [5.41, 5.74) is 7.75. The quantitative estimate of drug-likeness (QED) is 0.312. The molecule has 0 radical (unpaired) electrons. The average molecular weight is 382 g/mol. The third kappa shape index (κ3) is 5.62. The standard InChI is InChI=1S/C20H26N6O2/c21-19(24-22)23-20(27)26-11-9-25(10-12-26)14-17-7-4-8-18(13-17)28-15-16-5-2-1-3-6-16/h1-8,13H,9-12,14-15,22H2,(H3,21,23,24,27). The molecule has 1 heterocycles. The Labute approximate surface area is 164 Å². The van der Waals surface area contributed by atoms with Crippen molar-refractivity contribution in [2.75, 3.05) is 26.2 Å². The van der Waals surface area contributed by atoms with Crippen LogP contribution in [-0.4, -0.2) is 48.0 Å². The minimum Gasteiger partial charge on any atom is -0.489 e. The number of carbonyl (C=O) groups is 1. The minimum absolute atomic E-state index is 0.0836. The number of hydrogen-bond acceptors (Lipinski definition) is 5. The maximum absolute atomic E-state index is 12.0. The van der Waals surface area contributed by atoms with Gasteiger partial charge in [-0.05, 0) is 23.3 Å². The van der Waals surface area contributed by atoms with Crippen molar-refractivity contribution in [2.24, 2.45) is 16.7 Å². The van der Waals surface area contributed by atoms with Crippen LogP contribution >= 0.6 is 0 Å². The number of amides is 2. The Morgan fingerprint density at radius 3 is 2.46 bits per heavy atom. The summed E-state index contributed by atoms with van der Waals surface area (Å²) >= 11 is 0. The molecule has 0 saturated carbocycles. The summed E-state index contributed by atoms with van der Waals surface area (Å²) in [5, 5.41) is 5.70. The largest absolute Gasteiger partial charge is 0.489 e. The number of hydrogen-bond donors (Lipinski definition) is 3. The number of guanidine groups is 1. The molecule has 1 aliphatic heterocycles. The molecule has 2 aromatic rings. The summed E-state index contributed by atoms with van der Waals surface area (Å²) < 4.78 is 5.91. The third-order valence-corrected chi connectivity index (χ3v) is 4.59. The lowest BCUT2D eigenvalue weighted by molar-refractivity contribution is 0.138. The van der Waals surface area contributed by atoms with Crippen molar-refractivity contribution in [1.82, 2.24) is 15.1 Å². The fourth-order valence-electron chi connectivity index (χ4n) is 3.06. The van der Waals surface area contributed by atoms with Crippen molar-refractivity contribution in [2.45, 2.75) is 13.2 Å². The van der Waals surface area contributed by atoms with E-state index in [9.17, 15) is 4.79 Å². The van der Waals surface area contributed by atoms with E-state index in [1.54, 1.807) is 4.90 Å². The molecule has 2 aromatic carbocycles. The Balaban J connectivity index is 1.48. The van der Waals surface area contributed by atoms with Crippen molar-refractivity contribution in [1.29, 1.82) is 0 Å². The molecule has 0 unspecified atom stereocenters. The van der Waals surface area contributed by atoms with Gasteiger partial charge in [-0.15, -0.1) is 5.10 Å². The molecule has 8 heteroatoms. The Hall–Kier alpha value is -3.26. The normalized spacial score (nSPS) is 15.3. The molecular formula is C20H26N6O2. The highest BCUT2D eigenvalue weighted by molar-refractivity contribution is 5.95. The van der Waals surface area contributed by atoms with Gasteiger partial charge in [-0.25, -0.2) is 4.79 Å². The molecule has 5 N–H and O–H groups in total. The van der Waals surface area contributed by atoms with E-state index in [1.807, 2.05) is 42.5 Å². The van der Waals surface area contributed by atoms with Crippen molar-refractivity contribution in [3.63, 3.8) is 0 Å². The molecule has 148 valence electrons. The summed E-state index contributed by atoms with van der Waals surface area (Å²) in [5.74, 6) is 5.81. The van der Waals surface area contributed by atoms with Crippen molar-refractivity contribution in [3.05, 3.63) is 65.7 Å². The predicted octanol–water partition coefficient (Wildman–Crippen LogP) is 1.28. The first-order valence-corrected chi connectivity index (χ1v) is 9.21. The van der Waals surface area contributed by atoms with E-state index in [-0.39, 0.29) is 12.0 Å². The molecule has 1 saturated heterocycles. The molecular weight excluding hydrogens is 356 g/mol. The van der Waals surface area contributed by atoms with E-state index in [2.05, 4.69) is 27.5 Å². The van der Waals surface area contributed by atoms with Crippen molar-refractivity contribution >= 4 is 12.0 Å². The molecule has 28 heavy (non-hydrogen) atoms. The number of rotatable bonds is 5. The number of nitrogens with two attached hydrogens (primary N) is 2. The molecule has 0 spiro atoms. The number of hydrazone groups is 1. The van der Waals surface area contributed by atoms with Crippen LogP contribution in [-0.2, 0) is 13.2 Å². The molecule has 1 fully saturated rings. The molecule has 8 nitrogen and oxygen atoms in total. The molecule has 3 rings (SSSR count). The monoisotopic (exact) mass is 382 g/mol. The average Bonchev–Trinajstić information content (AvgIpc) is 2.73. The SMILES string of the molecule is N/N=C(\N)NC(=O)N1CCN(Cc2cccc(OCc3ccccc3)c2)CC1. The number of ether oxygens (including phenoxy) is 1. The number of urea groups is 1. The Morgan fingerprint density at radius 2 is 1.75 bits per heavy atom. The Bertz CT molecular complexity index is 803. The van der Waals surface area contributed by atoms with Crippen LogP contribution in [0.15, 0.2) is 59.7 Å². The minimum atomic E-state index is -0.275. The summed E-state index contributed by atoms with van der Waals surface area (Å²) in [6, 6.07) is 18.0. The van der Waals surface area contributed by atoms with Gasteiger partial charge < -0.3 is 21.2 Å². The van der Waals surface area contributed by atoms with Crippen LogP contribution in [0.1, 0.15) is 11.1 Å². The predicted molar refractivity (Wildman–Crippen MR) is 108 cm³/mol. The second kappa shape index (κ2) is 9.61. The zero-order valence-electron chi connectivity index (χ0n) is 15.8. The van der Waals surface area contributed by atoms with Gasteiger partial charge in [0.25, 0.3) is 0 Å². The molecule has 0 aliphatic carbocycles. The van der Waals surface area contributed by atoms with Gasteiger partial charge in [0.2, 0.25) is 5.96 Å². The fraction of sp³-hybridized carbons (Fsp3) is 0.300. The van der Waals surface area contributed by atoms with Crippen molar-refractivity contribution < 1.29 is 9.53 Å². The van der Waals surface area contributed by atoms with Crippen LogP contribution in [0.3, 0.4) is 0 Å². The van der Waals surface area contributed by atoms with E-state index in [4.69, 9.17) is 16.3 Å². The van der Waals surface area contributed by atoms with Gasteiger partial charge in [0.1, 0.15) is 12.4 Å². The fourth-order valence-corrected chi connectivity index (χ4v) is 3.06. The molecule has 0 atom stereocenters. The van der Waals surface area contributed by atoms with E-state index in [0.29, 0.717) is 19.7 Å². The van der Waals surface area contributed by atoms with Gasteiger partial charge in [-0.2, -0.15) is 0 Å². The zero-order chi connectivity index (χ0) is 19.8. The topological polar surface area (TPSA) is 109 Å². The number of carbonyl (C=O) groups excluding carboxylic acids is 1. The molecule has 2 amide bonds. The maximum Gasteiger partial charge on any atom is 0.324 e. The van der Waals surface area contributed by atoms with E-state index >= 15 is 0 Å². The second-order valence-electron chi connectivity index (χ2n) is 6.63.